The second-order valence-corrected chi connectivity index (χ2v) is 3.48. The highest BCUT2D eigenvalue weighted by Gasteiger charge is 2.41. The third kappa shape index (κ3) is 0.929. The largest absolute Gasteiger partial charge is 0.114 e. The molecule has 0 amide bonds. The van der Waals surface area contributed by atoms with E-state index in [-0.39, 0.29) is 4.87 Å². The van der Waals surface area contributed by atoms with E-state index in [9.17, 15) is 0 Å². The van der Waals surface area contributed by atoms with Crippen LogP contribution in [0, 0.1) is 6.07 Å². The van der Waals surface area contributed by atoms with Crippen LogP contribution in [0.3, 0.4) is 0 Å². The molecule has 0 nitrogen and oxygen atoms in total. The van der Waals surface area contributed by atoms with Crippen molar-refractivity contribution in [3.05, 3.63) is 35.9 Å². The standard InChI is InChI=1S/C9H8Cl/c10-9(6-7-9)8-4-2-1-3-5-8/h2-5H,6-7H2. The molecule has 0 heterocycles. The average Bonchev–Trinajstić information content (AvgIpc) is 2.72. The lowest BCUT2D eigenvalue weighted by Crippen LogP contribution is -1.93. The SMILES string of the molecule is ClC1(c2cc[c]cc2)CC1. The molecule has 0 atom stereocenters. The third-order valence-electron chi connectivity index (χ3n) is 1.92. The van der Waals surface area contributed by atoms with E-state index < -0.39 is 0 Å². The molecule has 1 heteroatoms. The topological polar surface area (TPSA) is 0 Å². The van der Waals surface area contributed by atoms with E-state index in [1.54, 1.807) is 0 Å². The van der Waals surface area contributed by atoms with E-state index in [0.29, 0.717) is 0 Å². The van der Waals surface area contributed by atoms with Gasteiger partial charge in [-0.3, -0.25) is 0 Å². The molecule has 10 heavy (non-hydrogen) atoms. The Morgan fingerprint density at radius 1 is 1.30 bits per heavy atom. The minimum Gasteiger partial charge on any atom is -0.114 e. The van der Waals surface area contributed by atoms with Crippen LogP contribution in [-0.2, 0) is 4.87 Å². The second kappa shape index (κ2) is 2.00. The van der Waals surface area contributed by atoms with Gasteiger partial charge in [0.2, 0.25) is 0 Å². The van der Waals surface area contributed by atoms with Crippen molar-refractivity contribution < 1.29 is 0 Å². The summed E-state index contributed by atoms with van der Waals surface area (Å²) in [5.74, 6) is 0. The summed E-state index contributed by atoms with van der Waals surface area (Å²) >= 11 is 6.16. The number of halogens is 1. The maximum absolute atomic E-state index is 6.16. The zero-order valence-corrected chi connectivity index (χ0v) is 6.36. The minimum absolute atomic E-state index is 0.00486. The van der Waals surface area contributed by atoms with Crippen molar-refractivity contribution in [2.24, 2.45) is 0 Å². The summed E-state index contributed by atoms with van der Waals surface area (Å²) in [6, 6.07) is 10.9. The Hall–Kier alpha value is -0.490. The summed E-state index contributed by atoms with van der Waals surface area (Å²) in [6.45, 7) is 0. The first kappa shape index (κ1) is 6.23. The molecule has 0 bridgehead atoms. The molecule has 0 N–H and O–H groups in total. The van der Waals surface area contributed by atoms with E-state index >= 15 is 0 Å². The molecule has 2 rings (SSSR count). The molecular formula is C9H8Cl. The van der Waals surface area contributed by atoms with Gasteiger partial charge in [0.05, 0.1) is 4.87 Å². The number of hydrogen-bond donors (Lipinski definition) is 0. The predicted octanol–water partition coefficient (Wildman–Crippen LogP) is 2.71. The van der Waals surface area contributed by atoms with Gasteiger partial charge in [0.1, 0.15) is 0 Å². The lowest BCUT2D eigenvalue weighted by molar-refractivity contribution is 1.01. The van der Waals surface area contributed by atoms with Crippen LogP contribution < -0.4 is 0 Å². The fraction of sp³-hybridized carbons (Fsp3) is 0.333. The highest BCUT2D eigenvalue weighted by molar-refractivity contribution is 6.25. The summed E-state index contributed by atoms with van der Waals surface area (Å²) < 4.78 is 0. The number of hydrogen-bond acceptors (Lipinski definition) is 0. The van der Waals surface area contributed by atoms with Gasteiger partial charge in [0.15, 0.2) is 0 Å². The first-order valence-corrected chi connectivity index (χ1v) is 3.85. The highest BCUT2D eigenvalue weighted by Crippen LogP contribution is 2.51. The summed E-state index contributed by atoms with van der Waals surface area (Å²) in [5.41, 5.74) is 1.24. The van der Waals surface area contributed by atoms with Crippen molar-refractivity contribution in [3.8, 4) is 0 Å². The smallest absolute Gasteiger partial charge is 0.0696 e. The highest BCUT2D eigenvalue weighted by atomic mass is 35.5. The van der Waals surface area contributed by atoms with Crippen molar-refractivity contribution in [2.45, 2.75) is 17.7 Å². The van der Waals surface area contributed by atoms with E-state index in [1.165, 1.54) is 5.56 Å². The molecule has 1 aliphatic rings. The Kier molecular flexibility index (Phi) is 1.24. The molecule has 0 spiro atoms. The van der Waals surface area contributed by atoms with Crippen LogP contribution >= 0.6 is 11.6 Å². The molecule has 0 aliphatic heterocycles. The van der Waals surface area contributed by atoms with Crippen LogP contribution in [-0.4, -0.2) is 0 Å². The zero-order valence-electron chi connectivity index (χ0n) is 5.60. The summed E-state index contributed by atoms with van der Waals surface area (Å²) in [4.78, 5) is -0.00486. The average molecular weight is 152 g/mol. The van der Waals surface area contributed by atoms with Crippen molar-refractivity contribution in [3.63, 3.8) is 0 Å². The predicted molar refractivity (Wildman–Crippen MR) is 42.0 cm³/mol. The molecule has 1 fully saturated rings. The van der Waals surface area contributed by atoms with Gasteiger partial charge >= 0.3 is 0 Å². The molecule has 0 aromatic heterocycles. The van der Waals surface area contributed by atoms with Crippen LogP contribution in [0.25, 0.3) is 0 Å². The second-order valence-electron chi connectivity index (χ2n) is 2.75. The van der Waals surface area contributed by atoms with Gasteiger partial charge < -0.3 is 0 Å². The molecule has 1 aliphatic carbocycles. The fourth-order valence-electron chi connectivity index (χ4n) is 1.08. The van der Waals surface area contributed by atoms with Gasteiger partial charge in [-0.05, 0) is 24.5 Å². The van der Waals surface area contributed by atoms with Gasteiger partial charge in [-0.2, -0.15) is 0 Å². The minimum atomic E-state index is -0.00486. The monoisotopic (exact) mass is 151 g/mol. The third-order valence-corrected chi connectivity index (χ3v) is 2.52. The maximum atomic E-state index is 6.16. The Morgan fingerprint density at radius 3 is 2.40 bits per heavy atom. The van der Waals surface area contributed by atoms with E-state index in [1.807, 2.05) is 24.3 Å². The van der Waals surface area contributed by atoms with Gasteiger partial charge in [-0.1, -0.05) is 24.3 Å². The Bertz CT molecular complexity index is 224. The van der Waals surface area contributed by atoms with Gasteiger partial charge in [0, 0.05) is 0 Å². The van der Waals surface area contributed by atoms with Gasteiger partial charge in [0.25, 0.3) is 0 Å². The van der Waals surface area contributed by atoms with Crippen molar-refractivity contribution in [2.75, 3.05) is 0 Å². The normalized spacial score (nSPS) is 20.5. The van der Waals surface area contributed by atoms with Crippen molar-refractivity contribution in [1.29, 1.82) is 0 Å². The first-order valence-electron chi connectivity index (χ1n) is 3.47. The molecule has 51 valence electrons. The molecule has 1 radical (unpaired) electrons. The lowest BCUT2D eigenvalue weighted by atomic mass is 10.1. The van der Waals surface area contributed by atoms with Crippen LogP contribution in [0.5, 0.6) is 0 Å². The van der Waals surface area contributed by atoms with Gasteiger partial charge in [-0.15, -0.1) is 11.6 Å². The summed E-state index contributed by atoms with van der Waals surface area (Å²) in [7, 11) is 0. The van der Waals surface area contributed by atoms with E-state index in [0.717, 1.165) is 12.8 Å². The molecule has 0 saturated heterocycles. The molecule has 1 saturated carbocycles. The van der Waals surface area contributed by atoms with Crippen LogP contribution in [0.1, 0.15) is 18.4 Å². The maximum Gasteiger partial charge on any atom is 0.0696 e. The van der Waals surface area contributed by atoms with Crippen molar-refractivity contribution in [1.82, 2.24) is 0 Å². The number of rotatable bonds is 1. The number of benzene rings is 1. The van der Waals surface area contributed by atoms with Gasteiger partial charge in [-0.25, -0.2) is 0 Å². The molecule has 0 unspecified atom stereocenters. The Morgan fingerprint density at radius 2 is 1.90 bits per heavy atom. The zero-order chi connectivity index (χ0) is 7.03. The summed E-state index contributed by atoms with van der Waals surface area (Å²) in [5, 5.41) is 0. The van der Waals surface area contributed by atoms with E-state index in [2.05, 4.69) is 6.07 Å². The summed E-state index contributed by atoms with van der Waals surface area (Å²) in [6.07, 6.45) is 2.25. The lowest BCUT2D eigenvalue weighted by Gasteiger charge is -2.03. The Balaban J connectivity index is 2.35. The molecule has 1 aromatic carbocycles. The Labute approximate surface area is 65.8 Å². The fourth-order valence-corrected chi connectivity index (χ4v) is 1.30. The van der Waals surface area contributed by atoms with Crippen LogP contribution in [0.15, 0.2) is 24.3 Å². The number of alkyl halides is 1. The van der Waals surface area contributed by atoms with Crippen molar-refractivity contribution >= 4 is 11.6 Å². The molecular weight excluding hydrogens is 144 g/mol. The quantitative estimate of drug-likeness (QED) is 0.542. The van der Waals surface area contributed by atoms with E-state index in [4.69, 9.17) is 11.6 Å². The first-order chi connectivity index (χ1) is 4.81. The molecule has 1 aromatic rings. The van der Waals surface area contributed by atoms with Crippen LogP contribution in [0.2, 0.25) is 0 Å². The van der Waals surface area contributed by atoms with Crippen LogP contribution in [0.4, 0.5) is 0 Å².